The van der Waals surface area contributed by atoms with E-state index < -0.39 is 0 Å². The highest BCUT2D eigenvalue weighted by atomic mass is 16.2. The van der Waals surface area contributed by atoms with Gasteiger partial charge in [-0.1, -0.05) is 0 Å². The lowest BCUT2D eigenvalue weighted by molar-refractivity contribution is -0.136. The van der Waals surface area contributed by atoms with Crippen LogP contribution in [-0.4, -0.2) is 73.0 Å². The summed E-state index contributed by atoms with van der Waals surface area (Å²) in [6.07, 6.45) is 7.21. The monoisotopic (exact) mass is 279 g/mol. The first-order chi connectivity index (χ1) is 9.74. The van der Waals surface area contributed by atoms with Gasteiger partial charge in [-0.25, -0.2) is 0 Å². The van der Waals surface area contributed by atoms with Crippen molar-refractivity contribution < 1.29 is 4.79 Å². The van der Waals surface area contributed by atoms with Gasteiger partial charge in [0, 0.05) is 51.2 Å². The zero-order valence-electron chi connectivity index (χ0n) is 12.9. The third kappa shape index (κ3) is 3.53. The van der Waals surface area contributed by atoms with Crippen LogP contribution in [0.4, 0.5) is 0 Å². The second-order valence-corrected chi connectivity index (χ2v) is 6.89. The molecule has 3 fully saturated rings. The summed E-state index contributed by atoms with van der Waals surface area (Å²) < 4.78 is 0. The van der Waals surface area contributed by atoms with E-state index in [9.17, 15) is 4.79 Å². The van der Waals surface area contributed by atoms with Crippen molar-refractivity contribution in [2.75, 3.05) is 46.3 Å². The molecule has 0 aromatic rings. The Hall–Kier alpha value is -0.610. The van der Waals surface area contributed by atoms with E-state index in [0.29, 0.717) is 17.9 Å². The van der Waals surface area contributed by atoms with Crippen molar-refractivity contribution >= 4 is 5.91 Å². The quantitative estimate of drug-likeness (QED) is 0.778. The van der Waals surface area contributed by atoms with E-state index in [1.54, 1.807) is 0 Å². The van der Waals surface area contributed by atoms with Crippen LogP contribution in [0.15, 0.2) is 0 Å². The standard InChI is InChI=1S/C16H29N3O/c1-17-10-12-18(13-11-17)9-7-15-4-2-3-8-19(15)16(20)14-5-6-14/h14-15H,2-13H2,1H3/t15-/m1/s1. The molecule has 1 atom stereocenters. The van der Waals surface area contributed by atoms with E-state index in [2.05, 4.69) is 21.7 Å². The molecule has 1 amide bonds. The van der Waals surface area contributed by atoms with Crippen molar-refractivity contribution in [2.45, 2.75) is 44.6 Å². The molecule has 0 radical (unpaired) electrons. The van der Waals surface area contributed by atoms with Crippen LogP contribution in [0.2, 0.25) is 0 Å². The second kappa shape index (κ2) is 6.44. The van der Waals surface area contributed by atoms with E-state index in [-0.39, 0.29) is 0 Å². The molecular formula is C16H29N3O. The molecule has 1 aliphatic carbocycles. The lowest BCUT2D eigenvalue weighted by atomic mass is 9.98. The van der Waals surface area contributed by atoms with E-state index in [1.807, 2.05) is 0 Å². The van der Waals surface area contributed by atoms with Crippen molar-refractivity contribution in [3.05, 3.63) is 0 Å². The van der Waals surface area contributed by atoms with Crippen LogP contribution >= 0.6 is 0 Å². The highest BCUT2D eigenvalue weighted by Crippen LogP contribution is 2.33. The third-order valence-electron chi connectivity index (χ3n) is 5.21. The molecule has 2 saturated heterocycles. The van der Waals surface area contributed by atoms with Gasteiger partial charge in [-0.05, 0) is 45.6 Å². The fraction of sp³-hybridized carbons (Fsp3) is 0.938. The highest BCUT2D eigenvalue weighted by molar-refractivity contribution is 5.81. The van der Waals surface area contributed by atoms with Crippen LogP contribution in [-0.2, 0) is 4.79 Å². The molecule has 3 aliphatic rings. The Morgan fingerprint density at radius 3 is 2.45 bits per heavy atom. The lowest BCUT2D eigenvalue weighted by Gasteiger charge is -2.38. The van der Waals surface area contributed by atoms with Crippen LogP contribution < -0.4 is 0 Å². The average molecular weight is 279 g/mol. The first kappa shape index (κ1) is 14.3. The first-order valence-corrected chi connectivity index (χ1v) is 8.45. The number of likely N-dealkylation sites (N-methyl/N-ethyl adjacent to an activating group) is 1. The molecule has 0 unspecified atom stereocenters. The summed E-state index contributed by atoms with van der Waals surface area (Å²) in [4.78, 5) is 19.6. The van der Waals surface area contributed by atoms with Crippen molar-refractivity contribution in [1.29, 1.82) is 0 Å². The molecule has 1 saturated carbocycles. The first-order valence-electron chi connectivity index (χ1n) is 8.45. The number of hydrogen-bond acceptors (Lipinski definition) is 3. The number of amides is 1. The molecule has 0 N–H and O–H groups in total. The summed E-state index contributed by atoms with van der Waals surface area (Å²) in [6.45, 7) is 6.96. The Bertz CT molecular complexity index is 335. The molecular weight excluding hydrogens is 250 g/mol. The van der Waals surface area contributed by atoms with Crippen molar-refractivity contribution in [3.8, 4) is 0 Å². The maximum Gasteiger partial charge on any atom is 0.225 e. The number of piperazine rings is 1. The number of nitrogens with zero attached hydrogens (tertiary/aromatic N) is 3. The number of rotatable bonds is 4. The van der Waals surface area contributed by atoms with Crippen molar-refractivity contribution in [3.63, 3.8) is 0 Å². The molecule has 0 aromatic heterocycles. The molecule has 114 valence electrons. The average Bonchev–Trinajstić information content (AvgIpc) is 3.31. The normalized spacial score (nSPS) is 29.6. The smallest absolute Gasteiger partial charge is 0.225 e. The van der Waals surface area contributed by atoms with E-state index in [4.69, 9.17) is 0 Å². The molecule has 0 bridgehead atoms. The second-order valence-electron chi connectivity index (χ2n) is 6.89. The molecule has 3 rings (SSSR count). The fourth-order valence-corrected chi connectivity index (χ4v) is 3.56. The summed E-state index contributed by atoms with van der Waals surface area (Å²) >= 11 is 0. The Kier molecular flexibility index (Phi) is 4.61. The predicted octanol–water partition coefficient (Wildman–Crippen LogP) is 1.41. The fourth-order valence-electron chi connectivity index (χ4n) is 3.56. The minimum atomic E-state index is 0.388. The van der Waals surface area contributed by atoms with Gasteiger partial charge in [-0.2, -0.15) is 0 Å². The van der Waals surface area contributed by atoms with Gasteiger partial charge in [-0.15, -0.1) is 0 Å². The maximum atomic E-state index is 12.4. The predicted molar refractivity (Wildman–Crippen MR) is 80.6 cm³/mol. The minimum absolute atomic E-state index is 0.388. The number of likely N-dealkylation sites (tertiary alicyclic amines) is 1. The van der Waals surface area contributed by atoms with Crippen LogP contribution in [0.1, 0.15) is 38.5 Å². The Morgan fingerprint density at radius 1 is 1.00 bits per heavy atom. The van der Waals surface area contributed by atoms with Gasteiger partial charge in [0.05, 0.1) is 0 Å². The van der Waals surface area contributed by atoms with Gasteiger partial charge in [0.1, 0.15) is 0 Å². The van der Waals surface area contributed by atoms with E-state index in [0.717, 1.165) is 19.4 Å². The summed E-state index contributed by atoms with van der Waals surface area (Å²) in [5.74, 6) is 0.854. The Morgan fingerprint density at radius 2 is 1.75 bits per heavy atom. The van der Waals surface area contributed by atoms with Gasteiger partial charge >= 0.3 is 0 Å². The topological polar surface area (TPSA) is 26.8 Å². The van der Waals surface area contributed by atoms with Gasteiger partial charge in [0.2, 0.25) is 5.91 Å². The molecule has 4 nitrogen and oxygen atoms in total. The molecule has 0 aromatic carbocycles. The van der Waals surface area contributed by atoms with Gasteiger partial charge in [-0.3, -0.25) is 4.79 Å². The van der Waals surface area contributed by atoms with Crippen LogP contribution in [0.3, 0.4) is 0 Å². The summed E-state index contributed by atoms with van der Waals surface area (Å²) in [5.41, 5.74) is 0. The van der Waals surface area contributed by atoms with Crippen LogP contribution in [0.5, 0.6) is 0 Å². The summed E-state index contributed by atoms with van der Waals surface area (Å²) in [6, 6.07) is 0.525. The lowest BCUT2D eigenvalue weighted by Crippen LogP contribution is -2.48. The zero-order chi connectivity index (χ0) is 13.9. The van der Waals surface area contributed by atoms with E-state index >= 15 is 0 Å². The molecule has 0 spiro atoms. The van der Waals surface area contributed by atoms with Crippen LogP contribution in [0, 0.1) is 5.92 Å². The van der Waals surface area contributed by atoms with E-state index in [1.165, 1.54) is 58.4 Å². The van der Waals surface area contributed by atoms with Crippen molar-refractivity contribution in [2.24, 2.45) is 5.92 Å². The molecule has 4 heteroatoms. The molecule has 2 aliphatic heterocycles. The highest BCUT2D eigenvalue weighted by Gasteiger charge is 2.37. The Labute approximate surface area is 123 Å². The molecule has 20 heavy (non-hydrogen) atoms. The number of carbonyl (C=O) groups excluding carboxylic acids is 1. The number of hydrogen-bond donors (Lipinski definition) is 0. The molecule has 2 heterocycles. The maximum absolute atomic E-state index is 12.4. The summed E-state index contributed by atoms with van der Waals surface area (Å²) in [7, 11) is 2.20. The number of carbonyl (C=O) groups is 1. The zero-order valence-corrected chi connectivity index (χ0v) is 12.9. The number of piperidine rings is 1. The van der Waals surface area contributed by atoms with Gasteiger partial charge in [0.15, 0.2) is 0 Å². The van der Waals surface area contributed by atoms with Crippen LogP contribution in [0.25, 0.3) is 0 Å². The SMILES string of the molecule is CN1CCN(CC[C@H]2CCCCN2C(=O)C2CC2)CC1. The van der Waals surface area contributed by atoms with Gasteiger partial charge in [0.25, 0.3) is 0 Å². The van der Waals surface area contributed by atoms with Crippen molar-refractivity contribution in [1.82, 2.24) is 14.7 Å². The summed E-state index contributed by atoms with van der Waals surface area (Å²) in [5, 5.41) is 0. The third-order valence-corrected chi connectivity index (χ3v) is 5.21. The Balaban J connectivity index is 1.48. The largest absolute Gasteiger partial charge is 0.339 e. The minimum Gasteiger partial charge on any atom is -0.339 e. The van der Waals surface area contributed by atoms with Gasteiger partial charge < -0.3 is 14.7 Å².